The van der Waals surface area contributed by atoms with Crippen molar-refractivity contribution in [1.29, 1.82) is 0 Å². The standard InChI is InChI=1S/C34H31F2N7O2/c1-5-22-9-6-10-23-11-7-13-26(28(22)23)30-29(36)31-27(18-38-30)32(40-34(39-31)45-20-24-12-8-14-41(24)4)42-15-16-43(33(44)21(2)35)25(19-42)17-37-3/h1,6-7,9-11,13,18,24-25H,2,8,12,14-17,19-20H2,4H3/t24-,25-/m0/s1. The minimum absolute atomic E-state index is 0.00783. The normalized spacial score (nSPS) is 18.6. The molecule has 2 fully saturated rings. The summed E-state index contributed by atoms with van der Waals surface area (Å²) in [7, 11) is 2.03. The fraction of sp³-hybridized carbons (Fsp3) is 0.324. The maximum absolute atomic E-state index is 16.7. The minimum atomic E-state index is -1.08. The summed E-state index contributed by atoms with van der Waals surface area (Å²) >= 11 is 0. The van der Waals surface area contributed by atoms with Crippen LogP contribution in [-0.4, -0.2) is 89.1 Å². The number of fused-ring (bicyclic) bond motifs is 2. The van der Waals surface area contributed by atoms with Crippen molar-refractivity contribution in [2.24, 2.45) is 0 Å². The number of pyridine rings is 1. The summed E-state index contributed by atoms with van der Waals surface area (Å²) in [6.07, 6.45) is 9.35. The summed E-state index contributed by atoms with van der Waals surface area (Å²) in [5, 5.41) is 1.90. The number of amides is 1. The van der Waals surface area contributed by atoms with Crippen molar-refractivity contribution >= 4 is 33.4 Å². The van der Waals surface area contributed by atoms with Crippen molar-refractivity contribution in [2.75, 3.05) is 51.3 Å². The van der Waals surface area contributed by atoms with E-state index in [1.54, 1.807) is 12.1 Å². The second-order valence-corrected chi connectivity index (χ2v) is 11.3. The fourth-order valence-electron chi connectivity index (χ4n) is 6.27. The summed E-state index contributed by atoms with van der Waals surface area (Å²) in [4.78, 5) is 35.1. The van der Waals surface area contributed by atoms with Gasteiger partial charge in [-0.05, 0) is 37.9 Å². The third-order valence-corrected chi connectivity index (χ3v) is 8.61. The number of aromatic nitrogens is 3. The molecule has 228 valence electrons. The maximum Gasteiger partial charge on any atom is 0.319 e. The lowest BCUT2D eigenvalue weighted by molar-refractivity contribution is -0.131. The Morgan fingerprint density at radius 3 is 2.71 bits per heavy atom. The van der Waals surface area contributed by atoms with Crippen molar-refractivity contribution in [3.63, 3.8) is 0 Å². The molecule has 0 spiro atoms. The number of likely N-dealkylation sites (tertiary alicyclic amines) is 1. The van der Waals surface area contributed by atoms with Gasteiger partial charge in [0.05, 0.1) is 5.39 Å². The molecule has 6 rings (SSSR count). The number of terminal acetylenes is 1. The second-order valence-electron chi connectivity index (χ2n) is 11.3. The number of carbonyl (C=O) groups excluding carboxylic acids is 1. The predicted octanol–water partition coefficient (Wildman–Crippen LogP) is 4.86. The highest BCUT2D eigenvalue weighted by atomic mass is 19.1. The smallest absolute Gasteiger partial charge is 0.319 e. The molecule has 0 N–H and O–H groups in total. The zero-order chi connectivity index (χ0) is 31.7. The Hall–Kier alpha value is -5.13. The lowest BCUT2D eigenvalue weighted by Gasteiger charge is -2.39. The Kier molecular flexibility index (Phi) is 8.29. The van der Waals surface area contributed by atoms with Gasteiger partial charge in [0.1, 0.15) is 29.7 Å². The van der Waals surface area contributed by atoms with E-state index in [-0.39, 0.29) is 49.4 Å². The molecule has 2 aliphatic rings. The van der Waals surface area contributed by atoms with Gasteiger partial charge in [0.2, 0.25) is 6.54 Å². The highest BCUT2D eigenvalue weighted by molar-refractivity contribution is 6.02. The molecule has 0 saturated carbocycles. The van der Waals surface area contributed by atoms with Gasteiger partial charge in [0.25, 0.3) is 5.91 Å². The number of nitrogens with zero attached hydrogens (tertiary/aromatic N) is 7. The molecule has 4 aromatic rings. The van der Waals surface area contributed by atoms with Gasteiger partial charge >= 0.3 is 6.01 Å². The van der Waals surface area contributed by atoms with Crippen LogP contribution in [0.4, 0.5) is 14.6 Å². The lowest BCUT2D eigenvalue weighted by atomic mass is 9.97. The van der Waals surface area contributed by atoms with Crippen LogP contribution in [0.15, 0.2) is 55.0 Å². The van der Waals surface area contributed by atoms with Crippen molar-refractivity contribution in [1.82, 2.24) is 24.8 Å². The predicted molar refractivity (Wildman–Crippen MR) is 169 cm³/mol. The number of piperazine rings is 1. The van der Waals surface area contributed by atoms with Gasteiger partial charge in [-0.15, -0.1) is 6.42 Å². The van der Waals surface area contributed by atoms with Crippen LogP contribution in [0, 0.1) is 24.7 Å². The molecule has 11 heteroatoms. The molecule has 0 unspecified atom stereocenters. The van der Waals surface area contributed by atoms with E-state index in [4.69, 9.17) is 22.7 Å². The molecule has 4 heterocycles. The topological polar surface area (TPSA) is 79.1 Å². The number of benzene rings is 2. The van der Waals surface area contributed by atoms with Crippen LogP contribution in [-0.2, 0) is 4.79 Å². The molecular weight excluding hydrogens is 576 g/mol. The minimum Gasteiger partial charge on any atom is -0.462 e. The molecule has 0 bridgehead atoms. The monoisotopic (exact) mass is 607 g/mol. The molecule has 45 heavy (non-hydrogen) atoms. The number of halogens is 2. The van der Waals surface area contributed by atoms with Gasteiger partial charge in [-0.3, -0.25) is 9.78 Å². The molecule has 1 amide bonds. The van der Waals surface area contributed by atoms with E-state index in [1.165, 1.54) is 11.1 Å². The van der Waals surface area contributed by atoms with Gasteiger partial charge in [0.15, 0.2) is 11.6 Å². The molecule has 0 radical (unpaired) electrons. The van der Waals surface area contributed by atoms with Gasteiger partial charge in [0, 0.05) is 48.4 Å². The first-order chi connectivity index (χ1) is 21.8. The van der Waals surface area contributed by atoms with E-state index >= 15 is 4.39 Å². The van der Waals surface area contributed by atoms with Crippen molar-refractivity contribution in [2.45, 2.75) is 24.9 Å². The van der Waals surface area contributed by atoms with E-state index in [0.29, 0.717) is 34.3 Å². The molecule has 2 atom stereocenters. The van der Waals surface area contributed by atoms with E-state index < -0.39 is 23.6 Å². The van der Waals surface area contributed by atoms with E-state index in [2.05, 4.69) is 32.2 Å². The Bertz CT molecular complexity index is 1890. The lowest BCUT2D eigenvalue weighted by Crippen LogP contribution is -2.56. The van der Waals surface area contributed by atoms with Crippen LogP contribution in [0.25, 0.3) is 37.8 Å². The SMILES string of the molecule is [C-]#[N+]C[C@H]1CN(c2nc(OC[C@@H]3CCCN3C)nc3c(F)c(-c4cccc5cccc(C#C)c45)ncc23)CCN1C(=O)C(=C)F. The molecule has 2 aromatic carbocycles. The van der Waals surface area contributed by atoms with Crippen molar-refractivity contribution in [3.05, 3.63) is 77.8 Å². The molecule has 2 aromatic heterocycles. The first kappa shape index (κ1) is 29.9. The Balaban J connectivity index is 1.47. The first-order valence-corrected chi connectivity index (χ1v) is 14.7. The average molecular weight is 608 g/mol. The Morgan fingerprint density at radius 2 is 2.00 bits per heavy atom. The number of anilines is 1. The highest BCUT2D eigenvalue weighted by Gasteiger charge is 2.35. The number of hydrogen-bond acceptors (Lipinski definition) is 7. The van der Waals surface area contributed by atoms with Crippen molar-refractivity contribution in [3.8, 4) is 29.6 Å². The van der Waals surface area contributed by atoms with E-state index in [1.807, 2.05) is 36.2 Å². The van der Waals surface area contributed by atoms with E-state index in [0.717, 1.165) is 24.8 Å². The van der Waals surface area contributed by atoms with Gasteiger partial charge in [-0.2, -0.15) is 9.97 Å². The summed E-state index contributed by atoms with van der Waals surface area (Å²) in [6.45, 7) is 12.3. The summed E-state index contributed by atoms with van der Waals surface area (Å²) < 4.78 is 36.6. The van der Waals surface area contributed by atoms with E-state index in [9.17, 15) is 9.18 Å². The first-order valence-electron chi connectivity index (χ1n) is 14.7. The van der Waals surface area contributed by atoms with Gasteiger partial charge < -0.3 is 24.3 Å². The molecule has 9 nitrogen and oxygen atoms in total. The van der Waals surface area contributed by atoms with Crippen molar-refractivity contribution < 1.29 is 18.3 Å². The van der Waals surface area contributed by atoms with Crippen LogP contribution in [0.5, 0.6) is 6.01 Å². The second kappa shape index (κ2) is 12.5. The maximum atomic E-state index is 16.7. The average Bonchev–Trinajstić information content (AvgIpc) is 3.47. The number of rotatable bonds is 7. The van der Waals surface area contributed by atoms with Crippen LogP contribution in [0.1, 0.15) is 18.4 Å². The van der Waals surface area contributed by atoms with Crippen LogP contribution < -0.4 is 9.64 Å². The van der Waals surface area contributed by atoms with Crippen LogP contribution >= 0.6 is 0 Å². The Morgan fingerprint density at radius 1 is 1.20 bits per heavy atom. The molecule has 2 saturated heterocycles. The summed E-state index contributed by atoms with van der Waals surface area (Å²) in [6, 6.07) is 10.6. The molecular formula is C34H31F2N7O2. The highest BCUT2D eigenvalue weighted by Crippen LogP contribution is 2.36. The fourth-order valence-corrected chi connectivity index (χ4v) is 6.27. The van der Waals surface area contributed by atoms with Gasteiger partial charge in [-0.25, -0.2) is 15.4 Å². The quantitative estimate of drug-likeness (QED) is 0.169. The van der Waals surface area contributed by atoms with Crippen LogP contribution in [0.3, 0.4) is 0 Å². The zero-order valence-corrected chi connectivity index (χ0v) is 24.8. The summed E-state index contributed by atoms with van der Waals surface area (Å²) in [5.41, 5.74) is 1.26. The zero-order valence-electron chi connectivity index (χ0n) is 24.8. The number of likely N-dealkylation sites (N-methyl/N-ethyl adjacent to an activating group) is 1. The number of carbonyl (C=O) groups is 1. The number of hydrogen-bond donors (Lipinski definition) is 0. The third kappa shape index (κ3) is 5.63. The largest absolute Gasteiger partial charge is 0.462 e. The third-order valence-electron chi connectivity index (χ3n) is 8.61. The molecule has 0 aliphatic carbocycles. The molecule has 2 aliphatic heterocycles. The van der Waals surface area contributed by atoms with Crippen LogP contribution in [0.2, 0.25) is 0 Å². The Labute approximate surface area is 260 Å². The van der Waals surface area contributed by atoms with Gasteiger partial charge in [-0.1, -0.05) is 42.8 Å². The summed E-state index contributed by atoms with van der Waals surface area (Å²) in [5.74, 6) is 0.464. The number of ether oxygens (including phenoxy) is 1.